The van der Waals surface area contributed by atoms with Crippen LogP contribution in [0.15, 0.2) is 22.8 Å². The highest BCUT2D eigenvalue weighted by molar-refractivity contribution is 5.03. The molecule has 1 saturated heterocycles. The molecule has 1 aromatic rings. The molecule has 0 aromatic carbocycles. The minimum absolute atomic E-state index is 0.376. The SMILES string of the molecule is CCC(NCCCN1CCCCC1)c1ccco1. The van der Waals surface area contributed by atoms with Gasteiger partial charge in [0.25, 0.3) is 0 Å². The van der Waals surface area contributed by atoms with Crippen LogP contribution in [-0.4, -0.2) is 31.1 Å². The predicted molar refractivity (Wildman–Crippen MR) is 74.7 cm³/mol. The van der Waals surface area contributed by atoms with Gasteiger partial charge in [-0.2, -0.15) is 0 Å². The summed E-state index contributed by atoms with van der Waals surface area (Å²) in [7, 11) is 0. The molecule has 1 unspecified atom stereocenters. The van der Waals surface area contributed by atoms with Gasteiger partial charge in [0.15, 0.2) is 0 Å². The van der Waals surface area contributed by atoms with E-state index in [0.717, 1.165) is 18.7 Å². The molecule has 2 rings (SSSR count). The smallest absolute Gasteiger partial charge is 0.120 e. The van der Waals surface area contributed by atoms with Crippen molar-refractivity contribution in [3.8, 4) is 0 Å². The van der Waals surface area contributed by atoms with Crippen molar-refractivity contribution in [2.45, 2.75) is 45.1 Å². The van der Waals surface area contributed by atoms with E-state index in [1.165, 1.54) is 45.3 Å². The monoisotopic (exact) mass is 250 g/mol. The molecule has 1 N–H and O–H groups in total. The normalized spacial score (nSPS) is 18.9. The van der Waals surface area contributed by atoms with Crippen LogP contribution >= 0.6 is 0 Å². The Hall–Kier alpha value is -0.800. The summed E-state index contributed by atoms with van der Waals surface area (Å²) in [5.41, 5.74) is 0. The van der Waals surface area contributed by atoms with Crippen molar-refractivity contribution in [3.63, 3.8) is 0 Å². The maximum Gasteiger partial charge on any atom is 0.120 e. The molecular formula is C15H26N2O. The van der Waals surface area contributed by atoms with Gasteiger partial charge in [0, 0.05) is 0 Å². The second kappa shape index (κ2) is 7.59. The fourth-order valence-electron chi connectivity index (χ4n) is 2.70. The Balaban J connectivity index is 1.61. The van der Waals surface area contributed by atoms with Crippen molar-refractivity contribution in [1.82, 2.24) is 10.2 Å². The number of nitrogens with zero attached hydrogens (tertiary/aromatic N) is 1. The molecule has 0 spiro atoms. The lowest BCUT2D eigenvalue weighted by Crippen LogP contribution is -2.32. The largest absolute Gasteiger partial charge is 0.468 e. The van der Waals surface area contributed by atoms with Crippen molar-refractivity contribution in [1.29, 1.82) is 0 Å². The molecule has 0 aliphatic carbocycles. The zero-order valence-corrected chi connectivity index (χ0v) is 11.5. The predicted octanol–water partition coefficient (Wildman–Crippen LogP) is 3.20. The lowest BCUT2D eigenvalue weighted by Gasteiger charge is -2.26. The van der Waals surface area contributed by atoms with Gasteiger partial charge in [-0.3, -0.25) is 0 Å². The first-order valence-electron chi connectivity index (χ1n) is 7.39. The quantitative estimate of drug-likeness (QED) is 0.753. The molecule has 1 aliphatic heterocycles. The molecule has 1 atom stereocenters. The molecule has 1 aliphatic rings. The first-order valence-corrected chi connectivity index (χ1v) is 7.39. The van der Waals surface area contributed by atoms with Crippen molar-refractivity contribution < 1.29 is 4.42 Å². The Morgan fingerprint density at radius 1 is 1.33 bits per heavy atom. The highest BCUT2D eigenvalue weighted by Crippen LogP contribution is 2.16. The third-order valence-electron chi connectivity index (χ3n) is 3.79. The van der Waals surface area contributed by atoms with Gasteiger partial charge >= 0.3 is 0 Å². The summed E-state index contributed by atoms with van der Waals surface area (Å²) < 4.78 is 5.46. The fourth-order valence-corrected chi connectivity index (χ4v) is 2.70. The molecule has 1 fully saturated rings. The summed E-state index contributed by atoms with van der Waals surface area (Å²) in [6.45, 7) is 7.12. The third-order valence-corrected chi connectivity index (χ3v) is 3.79. The van der Waals surface area contributed by atoms with Crippen molar-refractivity contribution in [3.05, 3.63) is 24.2 Å². The van der Waals surface area contributed by atoms with Crippen LogP contribution in [0.1, 0.15) is 50.8 Å². The fraction of sp³-hybridized carbons (Fsp3) is 0.733. The summed E-state index contributed by atoms with van der Waals surface area (Å²) >= 11 is 0. The maximum absolute atomic E-state index is 5.46. The van der Waals surface area contributed by atoms with Gasteiger partial charge in [-0.15, -0.1) is 0 Å². The van der Waals surface area contributed by atoms with E-state index in [1.807, 2.05) is 6.07 Å². The molecule has 18 heavy (non-hydrogen) atoms. The van der Waals surface area contributed by atoms with E-state index in [-0.39, 0.29) is 0 Å². The molecule has 3 nitrogen and oxygen atoms in total. The molecular weight excluding hydrogens is 224 g/mol. The van der Waals surface area contributed by atoms with Gasteiger partial charge in [-0.05, 0) is 64.0 Å². The van der Waals surface area contributed by atoms with E-state index in [0.29, 0.717) is 6.04 Å². The van der Waals surface area contributed by atoms with Crippen LogP contribution in [0.3, 0.4) is 0 Å². The van der Waals surface area contributed by atoms with Crippen LogP contribution in [0, 0.1) is 0 Å². The van der Waals surface area contributed by atoms with Crippen LogP contribution < -0.4 is 5.32 Å². The van der Waals surface area contributed by atoms with Gasteiger partial charge < -0.3 is 14.6 Å². The molecule has 102 valence electrons. The van der Waals surface area contributed by atoms with Crippen LogP contribution in [0.5, 0.6) is 0 Å². The third kappa shape index (κ3) is 4.14. The topological polar surface area (TPSA) is 28.4 Å². The minimum Gasteiger partial charge on any atom is -0.468 e. The van der Waals surface area contributed by atoms with Gasteiger partial charge in [-0.25, -0.2) is 0 Å². The van der Waals surface area contributed by atoms with Crippen molar-refractivity contribution in [2.75, 3.05) is 26.2 Å². The second-order valence-electron chi connectivity index (χ2n) is 5.19. The molecule has 2 heterocycles. The summed E-state index contributed by atoms with van der Waals surface area (Å²) in [5, 5.41) is 3.59. The Morgan fingerprint density at radius 2 is 2.17 bits per heavy atom. The first-order chi connectivity index (χ1) is 8.90. The zero-order chi connectivity index (χ0) is 12.6. The summed E-state index contributed by atoms with van der Waals surface area (Å²) in [6.07, 6.45) is 8.27. The zero-order valence-electron chi connectivity index (χ0n) is 11.5. The van der Waals surface area contributed by atoms with Crippen LogP contribution in [0.4, 0.5) is 0 Å². The van der Waals surface area contributed by atoms with E-state index in [9.17, 15) is 0 Å². The molecule has 0 saturated carbocycles. The Kier molecular flexibility index (Phi) is 5.75. The number of nitrogens with one attached hydrogen (secondary N) is 1. The van der Waals surface area contributed by atoms with Gasteiger partial charge in [0.2, 0.25) is 0 Å². The lowest BCUT2D eigenvalue weighted by molar-refractivity contribution is 0.224. The Bertz CT molecular complexity index is 304. The van der Waals surface area contributed by atoms with Crippen LogP contribution in [-0.2, 0) is 0 Å². The standard InChI is InChI=1S/C15H26N2O/c1-2-14(15-8-6-13-18-15)16-9-7-12-17-10-4-3-5-11-17/h6,8,13-14,16H,2-5,7,9-12H2,1H3. The average Bonchev–Trinajstić information content (AvgIpc) is 2.94. The maximum atomic E-state index is 5.46. The number of rotatable bonds is 7. The van der Waals surface area contributed by atoms with E-state index in [2.05, 4.69) is 23.2 Å². The van der Waals surface area contributed by atoms with Gasteiger partial charge in [0.05, 0.1) is 12.3 Å². The number of piperidine rings is 1. The van der Waals surface area contributed by atoms with Crippen LogP contribution in [0.25, 0.3) is 0 Å². The molecule has 0 radical (unpaired) electrons. The summed E-state index contributed by atoms with van der Waals surface area (Å²) in [4.78, 5) is 2.60. The second-order valence-corrected chi connectivity index (χ2v) is 5.19. The highest BCUT2D eigenvalue weighted by Gasteiger charge is 2.12. The minimum atomic E-state index is 0.376. The summed E-state index contributed by atoms with van der Waals surface area (Å²) in [6, 6.07) is 4.40. The number of hydrogen-bond acceptors (Lipinski definition) is 3. The highest BCUT2D eigenvalue weighted by atomic mass is 16.3. The number of hydrogen-bond donors (Lipinski definition) is 1. The average molecular weight is 250 g/mol. The number of furan rings is 1. The molecule has 1 aromatic heterocycles. The van der Waals surface area contributed by atoms with Crippen LogP contribution in [0.2, 0.25) is 0 Å². The Morgan fingerprint density at radius 3 is 2.83 bits per heavy atom. The lowest BCUT2D eigenvalue weighted by atomic mass is 10.1. The van der Waals surface area contributed by atoms with E-state index in [1.54, 1.807) is 6.26 Å². The summed E-state index contributed by atoms with van der Waals surface area (Å²) in [5.74, 6) is 1.07. The van der Waals surface area contributed by atoms with Crippen molar-refractivity contribution >= 4 is 0 Å². The van der Waals surface area contributed by atoms with E-state index < -0.39 is 0 Å². The van der Waals surface area contributed by atoms with E-state index >= 15 is 0 Å². The first kappa shape index (κ1) is 13.6. The van der Waals surface area contributed by atoms with Crippen molar-refractivity contribution in [2.24, 2.45) is 0 Å². The molecule has 0 bridgehead atoms. The molecule has 0 amide bonds. The number of likely N-dealkylation sites (tertiary alicyclic amines) is 1. The van der Waals surface area contributed by atoms with E-state index in [4.69, 9.17) is 4.42 Å². The van der Waals surface area contributed by atoms with Gasteiger partial charge in [0.1, 0.15) is 5.76 Å². The molecule has 3 heteroatoms. The Labute approximate surface area is 111 Å². The van der Waals surface area contributed by atoms with Gasteiger partial charge in [-0.1, -0.05) is 13.3 Å².